The van der Waals surface area contributed by atoms with Crippen LogP contribution in [0.15, 0.2) is 231 Å². The number of nitrogens with zero attached hydrogens (tertiary/aromatic N) is 4. The molecular formula is C58H42N4S. The summed E-state index contributed by atoms with van der Waals surface area (Å²) in [5, 5.41) is 2.21. The van der Waals surface area contributed by atoms with Crippen LogP contribution in [0, 0.1) is 0 Å². The predicted molar refractivity (Wildman–Crippen MR) is 267 cm³/mol. The summed E-state index contributed by atoms with van der Waals surface area (Å²) in [7, 11) is 0. The van der Waals surface area contributed by atoms with Gasteiger partial charge in [-0.25, -0.2) is 0 Å². The molecule has 0 spiro atoms. The quantitative estimate of drug-likeness (QED) is 0.137. The molecule has 0 saturated heterocycles. The van der Waals surface area contributed by atoms with Gasteiger partial charge in [0.05, 0.1) is 22.4 Å². The van der Waals surface area contributed by atoms with Gasteiger partial charge in [-0.1, -0.05) is 133 Å². The van der Waals surface area contributed by atoms with Gasteiger partial charge in [0.1, 0.15) is 0 Å². The molecule has 11 rings (SSSR count). The third-order valence-corrected chi connectivity index (χ3v) is 13.1. The maximum absolute atomic E-state index is 4.69. The predicted octanol–water partition coefficient (Wildman–Crippen LogP) is 16.5. The lowest BCUT2D eigenvalue weighted by molar-refractivity contribution is 1.05. The second kappa shape index (κ2) is 16.9. The first-order valence-electron chi connectivity index (χ1n) is 21.4. The van der Waals surface area contributed by atoms with Gasteiger partial charge in [0.25, 0.3) is 0 Å². The Morgan fingerprint density at radius 3 is 1.29 bits per heavy atom. The highest BCUT2D eigenvalue weighted by molar-refractivity contribution is 7.18. The smallest absolute Gasteiger partial charge is 0.0723 e. The first-order valence-corrected chi connectivity index (χ1v) is 22.3. The average molecular weight is 827 g/mol. The SMILES string of the molecule is C1=CCCC(c2ccc(N(c3ccc(-c4ccc(-c5ccc(N(c6ccc(-c7ccccc7)cc6)c6ccnc7ccccc67)cc5)s4)cc3)c3ccnc4ccccc34)cc2)=C1. The molecule has 0 radical (unpaired) electrons. The molecule has 10 aromatic rings. The zero-order chi connectivity index (χ0) is 42.0. The van der Waals surface area contributed by atoms with E-state index in [0.29, 0.717) is 0 Å². The van der Waals surface area contributed by atoms with E-state index in [1.54, 1.807) is 0 Å². The number of aromatic nitrogens is 2. The molecule has 1 aliphatic carbocycles. The van der Waals surface area contributed by atoms with E-state index in [0.717, 1.165) is 68.8 Å². The highest BCUT2D eigenvalue weighted by Crippen LogP contribution is 2.43. The number of pyridine rings is 2. The average Bonchev–Trinajstić information content (AvgIpc) is 3.86. The molecule has 3 aromatic heterocycles. The van der Waals surface area contributed by atoms with Crippen LogP contribution in [-0.2, 0) is 0 Å². The highest BCUT2D eigenvalue weighted by Gasteiger charge is 2.19. The number of para-hydroxylation sites is 2. The van der Waals surface area contributed by atoms with Crippen LogP contribution in [0.2, 0.25) is 0 Å². The zero-order valence-electron chi connectivity index (χ0n) is 34.6. The second-order valence-electron chi connectivity index (χ2n) is 15.7. The number of hydrogen-bond donors (Lipinski definition) is 0. The van der Waals surface area contributed by atoms with Gasteiger partial charge < -0.3 is 9.80 Å². The molecular weight excluding hydrogens is 785 g/mol. The molecule has 0 fully saturated rings. The molecule has 7 aromatic carbocycles. The zero-order valence-corrected chi connectivity index (χ0v) is 35.4. The van der Waals surface area contributed by atoms with Gasteiger partial charge in [-0.2, -0.15) is 0 Å². The summed E-state index contributed by atoms with van der Waals surface area (Å²) in [6, 6.07) is 71.8. The van der Waals surface area contributed by atoms with Crippen LogP contribution < -0.4 is 9.80 Å². The Morgan fingerprint density at radius 2 is 0.810 bits per heavy atom. The van der Waals surface area contributed by atoms with Gasteiger partial charge >= 0.3 is 0 Å². The fourth-order valence-corrected chi connectivity index (χ4v) is 9.72. The van der Waals surface area contributed by atoms with E-state index in [1.165, 1.54) is 43.1 Å². The first kappa shape index (κ1) is 38.1. The molecule has 5 heteroatoms. The third-order valence-electron chi connectivity index (χ3n) is 11.9. The van der Waals surface area contributed by atoms with E-state index in [1.807, 2.05) is 35.9 Å². The van der Waals surface area contributed by atoms with Gasteiger partial charge in [-0.05, 0) is 131 Å². The molecule has 1 aliphatic rings. The van der Waals surface area contributed by atoms with Crippen molar-refractivity contribution < 1.29 is 0 Å². The summed E-state index contributed by atoms with van der Waals surface area (Å²) in [5.41, 5.74) is 15.9. The molecule has 0 bridgehead atoms. The molecule has 0 amide bonds. The largest absolute Gasteiger partial charge is 0.310 e. The summed E-state index contributed by atoms with van der Waals surface area (Å²) >= 11 is 1.82. The van der Waals surface area contributed by atoms with Crippen molar-refractivity contribution in [3.8, 4) is 32.0 Å². The van der Waals surface area contributed by atoms with Gasteiger partial charge in [-0.15, -0.1) is 11.3 Å². The Kier molecular flexibility index (Phi) is 10.2. The molecule has 300 valence electrons. The number of hydrogen-bond acceptors (Lipinski definition) is 5. The summed E-state index contributed by atoms with van der Waals surface area (Å²) in [6.45, 7) is 0. The van der Waals surface area contributed by atoms with E-state index in [4.69, 9.17) is 0 Å². The van der Waals surface area contributed by atoms with Crippen LogP contribution in [0.4, 0.5) is 34.1 Å². The molecule has 0 unspecified atom stereocenters. The lowest BCUT2D eigenvalue weighted by Crippen LogP contribution is -2.10. The van der Waals surface area contributed by atoms with Crippen molar-refractivity contribution in [2.45, 2.75) is 12.8 Å². The minimum atomic E-state index is 0.967. The van der Waals surface area contributed by atoms with Gasteiger partial charge in [-0.3, -0.25) is 9.97 Å². The van der Waals surface area contributed by atoms with Crippen molar-refractivity contribution in [3.63, 3.8) is 0 Å². The van der Waals surface area contributed by atoms with Crippen LogP contribution >= 0.6 is 11.3 Å². The Bertz CT molecular complexity index is 3250. The lowest BCUT2D eigenvalue weighted by Gasteiger charge is -2.27. The van der Waals surface area contributed by atoms with Crippen molar-refractivity contribution in [2.24, 2.45) is 0 Å². The molecule has 0 aliphatic heterocycles. The molecule has 0 saturated carbocycles. The van der Waals surface area contributed by atoms with Crippen LogP contribution in [0.3, 0.4) is 0 Å². The monoisotopic (exact) mass is 826 g/mol. The molecule has 3 heterocycles. The minimum Gasteiger partial charge on any atom is -0.310 e. The van der Waals surface area contributed by atoms with Gasteiger partial charge in [0, 0.05) is 55.7 Å². The maximum Gasteiger partial charge on any atom is 0.0723 e. The number of anilines is 6. The van der Waals surface area contributed by atoms with Crippen molar-refractivity contribution >= 4 is 72.8 Å². The lowest BCUT2D eigenvalue weighted by atomic mass is 9.97. The molecule has 0 N–H and O–H groups in total. The summed E-state index contributed by atoms with van der Waals surface area (Å²) in [4.78, 5) is 16.5. The fraction of sp³-hybridized carbons (Fsp3) is 0.0345. The van der Waals surface area contributed by atoms with Gasteiger partial charge in [0.15, 0.2) is 0 Å². The van der Waals surface area contributed by atoms with Crippen molar-refractivity contribution in [1.82, 2.24) is 9.97 Å². The van der Waals surface area contributed by atoms with Crippen molar-refractivity contribution in [3.05, 3.63) is 236 Å². The first-order chi connectivity index (χ1) is 31.2. The van der Waals surface area contributed by atoms with Crippen LogP contribution in [0.5, 0.6) is 0 Å². The number of allylic oxidation sites excluding steroid dienone is 4. The number of fused-ring (bicyclic) bond motifs is 2. The Labute approximate surface area is 372 Å². The van der Waals surface area contributed by atoms with E-state index in [-0.39, 0.29) is 0 Å². The van der Waals surface area contributed by atoms with Crippen LogP contribution in [0.1, 0.15) is 18.4 Å². The second-order valence-corrected chi connectivity index (χ2v) is 16.8. The van der Waals surface area contributed by atoms with E-state index >= 15 is 0 Å². The fourth-order valence-electron chi connectivity index (χ4n) is 8.70. The van der Waals surface area contributed by atoms with Gasteiger partial charge in [0.2, 0.25) is 0 Å². The summed E-state index contributed by atoms with van der Waals surface area (Å²) < 4.78 is 0. The maximum atomic E-state index is 4.69. The van der Waals surface area contributed by atoms with E-state index in [2.05, 4.69) is 226 Å². The molecule has 63 heavy (non-hydrogen) atoms. The third kappa shape index (κ3) is 7.60. The normalized spacial score (nSPS) is 12.3. The van der Waals surface area contributed by atoms with E-state index in [9.17, 15) is 0 Å². The summed E-state index contributed by atoms with van der Waals surface area (Å²) in [5.74, 6) is 0. The minimum absolute atomic E-state index is 0.967. The van der Waals surface area contributed by atoms with Crippen molar-refractivity contribution in [2.75, 3.05) is 9.80 Å². The Hall–Kier alpha value is -7.86. The van der Waals surface area contributed by atoms with Crippen LogP contribution in [-0.4, -0.2) is 9.97 Å². The number of rotatable bonds is 10. The molecule has 4 nitrogen and oxygen atoms in total. The summed E-state index contributed by atoms with van der Waals surface area (Å²) in [6.07, 6.45) is 12.6. The number of benzene rings is 7. The highest BCUT2D eigenvalue weighted by atomic mass is 32.1. The topological polar surface area (TPSA) is 32.3 Å². The van der Waals surface area contributed by atoms with E-state index < -0.39 is 0 Å². The Balaban J connectivity index is 0.896. The van der Waals surface area contributed by atoms with Crippen molar-refractivity contribution in [1.29, 1.82) is 0 Å². The van der Waals surface area contributed by atoms with Crippen LogP contribution in [0.25, 0.3) is 59.4 Å². The Morgan fingerprint density at radius 1 is 0.381 bits per heavy atom. The standard InChI is InChI=1S/C58H42N4S/c1-3-11-41(12-4-1)43-19-27-47(28-20-43)61(55-37-39-59-53-17-9-7-15-51(53)55)49-31-23-45(24-32-49)57-35-36-58(63-57)46-25-33-50(34-26-46)62(56-38-40-60-54-18-10-8-16-52(54)56)48-29-21-44(22-30-48)42-13-5-2-6-14-42/h1-5,7-13,15-40H,6,14H2. The molecule has 0 atom stereocenters. The number of thiophene rings is 1.